The Morgan fingerprint density at radius 3 is 1.61 bits per heavy atom. The van der Waals surface area contributed by atoms with Crippen LogP contribution in [-0.4, -0.2) is 0 Å². The van der Waals surface area contributed by atoms with E-state index in [2.05, 4.69) is 159 Å². The van der Waals surface area contributed by atoms with Gasteiger partial charge in [-0.2, -0.15) is 0 Å². The SMILES string of the molecule is Cc1ccc2c(-c3cc4ccccc4cc3-c3ccccc3)c3ccccc3c(-c3ccc4ccccc4c3)c2c1. The molecule has 0 saturated carbocycles. The lowest BCUT2D eigenvalue weighted by atomic mass is 9.82. The summed E-state index contributed by atoms with van der Waals surface area (Å²) in [5, 5.41) is 10.2. The van der Waals surface area contributed by atoms with E-state index in [9.17, 15) is 0 Å². The molecule has 8 rings (SSSR count). The topological polar surface area (TPSA) is 0 Å². The molecule has 0 N–H and O–H groups in total. The van der Waals surface area contributed by atoms with Crippen LogP contribution in [0.25, 0.3) is 76.5 Å². The third-order valence-electron chi connectivity index (χ3n) is 8.46. The standard InChI is InChI=1S/C41H28/c1-27-19-22-36-38(23-27)40(33-21-20-28-11-5-6-14-30(28)24-33)34-17-9-10-18-35(34)41(36)39-26-32-16-8-7-15-31(32)25-37(39)29-12-3-2-4-13-29/h2-26H,1H3. The van der Waals surface area contributed by atoms with Crippen LogP contribution in [0.2, 0.25) is 0 Å². The summed E-state index contributed by atoms with van der Waals surface area (Å²) in [5.41, 5.74) is 8.88. The Balaban J connectivity index is 1.54. The smallest absolute Gasteiger partial charge is 0.00199 e. The second kappa shape index (κ2) is 9.47. The van der Waals surface area contributed by atoms with Gasteiger partial charge in [0.25, 0.3) is 0 Å². The van der Waals surface area contributed by atoms with Gasteiger partial charge in [0.1, 0.15) is 0 Å². The minimum absolute atomic E-state index is 1.23. The largest absolute Gasteiger partial charge is 0.0622 e. The van der Waals surface area contributed by atoms with Gasteiger partial charge >= 0.3 is 0 Å². The zero-order valence-electron chi connectivity index (χ0n) is 22.9. The lowest BCUT2D eigenvalue weighted by molar-refractivity contribution is 1.51. The number of aryl methyl sites for hydroxylation is 1. The Kier molecular flexibility index (Phi) is 5.47. The minimum Gasteiger partial charge on any atom is -0.0622 e. The zero-order valence-corrected chi connectivity index (χ0v) is 22.9. The van der Waals surface area contributed by atoms with E-state index in [4.69, 9.17) is 0 Å². The fourth-order valence-electron chi connectivity index (χ4n) is 6.54. The molecule has 0 aliphatic rings. The first kappa shape index (κ1) is 23.7. The molecule has 0 bridgehead atoms. The summed E-state index contributed by atoms with van der Waals surface area (Å²) in [6.07, 6.45) is 0. The first-order chi connectivity index (χ1) is 20.2. The molecule has 0 radical (unpaired) electrons. The van der Waals surface area contributed by atoms with Gasteiger partial charge in [-0.1, -0.05) is 139 Å². The van der Waals surface area contributed by atoms with Crippen LogP contribution in [0.3, 0.4) is 0 Å². The van der Waals surface area contributed by atoms with Gasteiger partial charge in [0, 0.05) is 0 Å². The molecule has 0 unspecified atom stereocenters. The van der Waals surface area contributed by atoms with Crippen molar-refractivity contribution >= 4 is 43.1 Å². The van der Waals surface area contributed by atoms with Gasteiger partial charge in [0.2, 0.25) is 0 Å². The maximum atomic E-state index is 2.40. The van der Waals surface area contributed by atoms with Gasteiger partial charge in [-0.15, -0.1) is 0 Å². The number of hydrogen-bond acceptors (Lipinski definition) is 0. The number of hydrogen-bond donors (Lipinski definition) is 0. The van der Waals surface area contributed by atoms with Gasteiger partial charge in [-0.05, 0) is 102 Å². The Labute approximate surface area is 240 Å². The highest BCUT2D eigenvalue weighted by molar-refractivity contribution is 6.23. The average Bonchev–Trinajstić information content (AvgIpc) is 3.03. The lowest BCUT2D eigenvalue weighted by Crippen LogP contribution is -1.94. The van der Waals surface area contributed by atoms with Crippen molar-refractivity contribution in [2.24, 2.45) is 0 Å². The van der Waals surface area contributed by atoms with Crippen LogP contribution >= 0.6 is 0 Å². The number of rotatable bonds is 3. The molecule has 0 saturated heterocycles. The highest BCUT2D eigenvalue weighted by Gasteiger charge is 2.20. The molecule has 0 aromatic heterocycles. The van der Waals surface area contributed by atoms with Crippen LogP contribution in [-0.2, 0) is 0 Å². The number of fused-ring (bicyclic) bond motifs is 4. The van der Waals surface area contributed by atoms with Crippen molar-refractivity contribution in [2.45, 2.75) is 6.92 Å². The maximum Gasteiger partial charge on any atom is -0.00199 e. The summed E-state index contributed by atoms with van der Waals surface area (Å²) in [5.74, 6) is 0. The monoisotopic (exact) mass is 520 g/mol. The molecule has 0 nitrogen and oxygen atoms in total. The van der Waals surface area contributed by atoms with E-state index in [0.29, 0.717) is 0 Å². The average molecular weight is 521 g/mol. The predicted molar refractivity (Wildman–Crippen MR) is 178 cm³/mol. The van der Waals surface area contributed by atoms with Crippen LogP contribution in [0.1, 0.15) is 5.56 Å². The fraction of sp³-hybridized carbons (Fsp3) is 0.0244. The van der Waals surface area contributed by atoms with Crippen LogP contribution in [0.4, 0.5) is 0 Å². The Morgan fingerprint density at radius 1 is 0.317 bits per heavy atom. The lowest BCUT2D eigenvalue weighted by Gasteiger charge is -2.21. The van der Waals surface area contributed by atoms with E-state index in [1.165, 1.54) is 82.0 Å². The molecule has 0 aliphatic heterocycles. The van der Waals surface area contributed by atoms with Crippen LogP contribution in [0.5, 0.6) is 0 Å². The summed E-state index contributed by atoms with van der Waals surface area (Å²) < 4.78 is 0. The van der Waals surface area contributed by atoms with Crippen molar-refractivity contribution in [1.29, 1.82) is 0 Å². The molecule has 0 aliphatic carbocycles. The van der Waals surface area contributed by atoms with E-state index in [1.54, 1.807) is 0 Å². The molecule has 0 heterocycles. The summed E-state index contributed by atoms with van der Waals surface area (Å²) in [4.78, 5) is 0. The third-order valence-corrected chi connectivity index (χ3v) is 8.46. The van der Waals surface area contributed by atoms with E-state index in [0.717, 1.165) is 0 Å². The highest BCUT2D eigenvalue weighted by Crippen LogP contribution is 2.47. The van der Waals surface area contributed by atoms with E-state index < -0.39 is 0 Å². The molecular weight excluding hydrogens is 492 g/mol. The molecule has 8 aromatic rings. The second-order valence-corrected chi connectivity index (χ2v) is 11.0. The molecule has 0 fully saturated rings. The normalized spacial score (nSPS) is 11.5. The van der Waals surface area contributed by atoms with Crippen molar-refractivity contribution in [3.05, 3.63) is 157 Å². The molecule has 0 spiro atoms. The van der Waals surface area contributed by atoms with Crippen molar-refractivity contribution in [2.75, 3.05) is 0 Å². The van der Waals surface area contributed by atoms with Crippen molar-refractivity contribution in [1.82, 2.24) is 0 Å². The van der Waals surface area contributed by atoms with Gasteiger partial charge in [0.15, 0.2) is 0 Å². The highest BCUT2D eigenvalue weighted by atomic mass is 14.2. The summed E-state index contributed by atoms with van der Waals surface area (Å²) in [6, 6.07) is 55.8. The third kappa shape index (κ3) is 3.91. The first-order valence-electron chi connectivity index (χ1n) is 14.3. The molecule has 8 aromatic carbocycles. The quantitative estimate of drug-likeness (QED) is 0.203. The Bertz CT molecular complexity index is 2250. The molecule has 0 atom stereocenters. The van der Waals surface area contributed by atoms with Crippen molar-refractivity contribution < 1.29 is 0 Å². The summed E-state index contributed by atoms with van der Waals surface area (Å²) >= 11 is 0. The van der Waals surface area contributed by atoms with Crippen molar-refractivity contribution in [3.8, 4) is 33.4 Å². The van der Waals surface area contributed by atoms with Gasteiger partial charge in [-0.3, -0.25) is 0 Å². The predicted octanol–water partition coefficient (Wildman–Crippen LogP) is 11.6. The van der Waals surface area contributed by atoms with E-state index >= 15 is 0 Å². The zero-order chi connectivity index (χ0) is 27.3. The first-order valence-corrected chi connectivity index (χ1v) is 14.3. The van der Waals surface area contributed by atoms with Gasteiger partial charge in [0.05, 0.1) is 0 Å². The van der Waals surface area contributed by atoms with Gasteiger partial charge < -0.3 is 0 Å². The van der Waals surface area contributed by atoms with E-state index in [1.807, 2.05) is 0 Å². The Hall–Kier alpha value is -5.20. The Morgan fingerprint density at radius 2 is 0.878 bits per heavy atom. The summed E-state index contributed by atoms with van der Waals surface area (Å²) in [7, 11) is 0. The van der Waals surface area contributed by atoms with Gasteiger partial charge in [-0.25, -0.2) is 0 Å². The minimum atomic E-state index is 1.23. The maximum absolute atomic E-state index is 2.40. The van der Waals surface area contributed by atoms with E-state index in [-0.39, 0.29) is 0 Å². The van der Waals surface area contributed by atoms with Crippen LogP contribution in [0, 0.1) is 6.92 Å². The van der Waals surface area contributed by atoms with Crippen molar-refractivity contribution in [3.63, 3.8) is 0 Å². The van der Waals surface area contributed by atoms with Crippen LogP contribution < -0.4 is 0 Å². The second-order valence-electron chi connectivity index (χ2n) is 11.0. The molecule has 0 heteroatoms. The van der Waals surface area contributed by atoms with Crippen LogP contribution in [0.15, 0.2) is 152 Å². The molecular formula is C41H28. The fourth-order valence-corrected chi connectivity index (χ4v) is 6.54. The molecule has 41 heavy (non-hydrogen) atoms. The summed E-state index contributed by atoms with van der Waals surface area (Å²) in [6.45, 7) is 2.20. The molecule has 192 valence electrons. The molecule has 0 amide bonds. The number of benzene rings is 8.